The van der Waals surface area contributed by atoms with Gasteiger partial charge in [0.25, 0.3) is 15.7 Å². The molecule has 0 saturated heterocycles. The minimum atomic E-state index is -4.02. The second kappa shape index (κ2) is 16.8. The number of benzene rings is 2. The second-order valence-corrected chi connectivity index (χ2v) is 9.84. The summed E-state index contributed by atoms with van der Waals surface area (Å²) in [6.07, 6.45) is 2.68. The molecule has 0 spiro atoms. The molecule has 0 aliphatic rings. The molecule has 0 aliphatic carbocycles. The maximum absolute atomic E-state index is 11.5. The highest BCUT2D eigenvalue weighted by atomic mass is 32.2. The molecule has 0 saturated carbocycles. The largest absolute Gasteiger partial charge is 0.493 e. The van der Waals surface area contributed by atoms with Gasteiger partial charge in [-0.05, 0) is 43.0 Å². The number of amides is 1. The van der Waals surface area contributed by atoms with E-state index in [1.807, 2.05) is 43.5 Å². The molecule has 3 aromatic rings. The summed E-state index contributed by atoms with van der Waals surface area (Å²) in [5.74, 6) is -0.643. The number of hydrogen-bond donors (Lipinski definition) is 5. The van der Waals surface area contributed by atoms with Gasteiger partial charge in [0.2, 0.25) is 5.88 Å². The number of alkyl carbamates (subject to hydrolysis) is 1. The van der Waals surface area contributed by atoms with E-state index >= 15 is 0 Å². The number of rotatable bonds is 8. The predicted octanol–water partition coefficient (Wildman–Crippen LogP) is 2.84. The van der Waals surface area contributed by atoms with Crippen LogP contribution in [0.15, 0.2) is 76.7 Å². The summed E-state index contributed by atoms with van der Waals surface area (Å²) in [4.78, 5) is 38.2. The Morgan fingerprint density at radius 1 is 1.13 bits per heavy atom. The fourth-order valence-corrected chi connectivity index (χ4v) is 3.42. The number of hydrogen-bond acceptors (Lipinski definition) is 9. The number of carboxylic acid groups (broad SMARTS) is 1. The van der Waals surface area contributed by atoms with Crippen molar-refractivity contribution in [3.63, 3.8) is 0 Å². The Morgan fingerprint density at radius 2 is 1.76 bits per heavy atom. The Hall–Kier alpha value is -3.88. The Balaban J connectivity index is 0.000000318. The van der Waals surface area contributed by atoms with Gasteiger partial charge in [0.15, 0.2) is 0 Å². The quantitative estimate of drug-likeness (QED) is 0.251. The number of nitrogens with one attached hydrogen (secondary N) is 2. The van der Waals surface area contributed by atoms with Gasteiger partial charge in [-0.1, -0.05) is 48.0 Å². The number of carbonyl (C=O) groups is 2. The molecule has 1 aromatic heterocycles. The zero-order valence-electron chi connectivity index (χ0n) is 20.6. The van der Waals surface area contributed by atoms with E-state index in [0.29, 0.717) is 12.2 Å². The predicted molar refractivity (Wildman–Crippen MR) is 142 cm³/mol. The lowest BCUT2D eigenvalue weighted by Crippen LogP contribution is -2.41. The minimum Gasteiger partial charge on any atom is -0.493 e. The van der Waals surface area contributed by atoms with E-state index < -0.39 is 28.2 Å². The Morgan fingerprint density at radius 3 is 2.24 bits per heavy atom. The van der Waals surface area contributed by atoms with E-state index in [2.05, 4.69) is 15.3 Å². The SMILES string of the molecule is CSCCC(NC(=O)OCc1ccccc1)C(=O)O.Cc1ccc(S(=O)(=O)O)cc1.O=c1cc(O)nc[nH]1. The first-order valence-electron chi connectivity index (χ1n) is 10.9. The maximum atomic E-state index is 11.5. The van der Waals surface area contributed by atoms with Crippen molar-refractivity contribution in [2.45, 2.75) is 30.9 Å². The number of ether oxygens (including phenoxy) is 1. The molecule has 0 fully saturated rings. The molecule has 2 aromatic carbocycles. The number of aliphatic carboxylic acids is 1. The molecule has 1 amide bonds. The van der Waals surface area contributed by atoms with Crippen LogP contribution in [0.3, 0.4) is 0 Å². The molecule has 38 heavy (non-hydrogen) atoms. The highest BCUT2D eigenvalue weighted by Gasteiger charge is 2.20. The zero-order valence-corrected chi connectivity index (χ0v) is 22.2. The first-order chi connectivity index (χ1) is 17.9. The highest BCUT2D eigenvalue weighted by molar-refractivity contribution is 7.98. The van der Waals surface area contributed by atoms with Crippen molar-refractivity contribution in [2.75, 3.05) is 12.0 Å². The molecule has 1 atom stereocenters. The van der Waals surface area contributed by atoms with Gasteiger partial charge in [-0.3, -0.25) is 9.35 Å². The van der Waals surface area contributed by atoms with Gasteiger partial charge in [0.1, 0.15) is 12.6 Å². The normalized spacial score (nSPS) is 11.0. The molecular formula is C24H29N3O9S2. The van der Waals surface area contributed by atoms with Crippen LogP contribution < -0.4 is 10.9 Å². The van der Waals surface area contributed by atoms with Gasteiger partial charge in [0.05, 0.1) is 17.3 Å². The second-order valence-electron chi connectivity index (χ2n) is 7.44. The number of H-pyrrole nitrogens is 1. The van der Waals surface area contributed by atoms with Crippen LogP contribution in [-0.4, -0.2) is 63.3 Å². The summed E-state index contributed by atoms with van der Waals surface area (Å²) in [6.45, 7) is 1.97. The number of aromatic hydroxyl groups is 1. The molecular weight excluding hydrogens is 538 g/mol. The summed E-state index contributed by atoms with van der Waals surface area (Å²) in [5, 5.41) is 19.8. The Kier molecular flexibility index (Phi) is 14.2. The molecule has 0 bridgehead atoms. The van der Waals surface area contributed by atoms with Crippen LogP contribution in [-0.2, 0) is 26.3 Å². The lowest BCUT2D eigenvalue weighted by molar-refractivity contribution is -0.139. The van der Waals surface area contributed by atoms with Crippen LogP contribution in [0.5, 0.6) is 5.88 Å². The van der Waals surface area contributed by atoms with Gasteiger partial charge < -0.3 is 25.3 Å². The van der Waals surface area contributed by atoms with Crippen LogP contribution >= 0.6 is 11.8 Å². The van der Waals surface area contributed by atoms with E-state index in [1.165, 1.54) is 23.9 Å². The number of carbonyl (C=O) groups excluding carboxylic acids is 1. The third-order valence-corrected chi connectivity index (χ3v) is 5.91. The van der Waals surface area contributed by atoms with Crippen molar-refractivity contribution in [2.24, 2.45) is 0 Å². The lowest BCUT2D eigenvalue weighted by Gasteiger charge is -2.13. The van der Waals surface area contributed by atoms with E-state index in [1.54, 1.807) is 12.1 Å². The average Bonchev–Trinajstić information content (AvgIpc) is 2.86. The van der Waals surface area contributed by atoms with Crippen molar-refractivity contribution in [1.82, 2.24) is 15.3 Å². The van der Waals surface area contributed by atoms with Gasteiger partial charge in [-0.2, -0.15) is 20.2 Å². The summed E-state index contributed by atoms with van der Waals surface area (Å²) < 4.78 is 34.5. The fraction of sp³-hybridized carbons (Fsp3) is 0.250. The van der Waals surface area contributed by atoms with E-state index in [0.717, 1.165) is 23.5 Å². The van der Waals surface area contributed by atoms with Crippen molar-refractivity contribution < 1.29 is 37.5 Å². The van der Waals surface area contributed by atoms with E-state index in [9.17, 15) is 22.8 Å². The number of aryl methyl sites for hydroxylation is 1. The molecule has 1 heterocycles. The van der Waals surface area contributed by atoms with Crippen molar-refractivity contribution in [3.05, 3.63) is 88.5 Å². The van der Waals surface area contributed by atoms with Crippen molar-refractivity contribution in [3.8, 4) is 5.88 Å². The summed E-state index contributed by atoms with van der Waals surface area (Å²) in [7, 11) is -4.02. The van der Waals surface area contributed by atoms with Gasteiger partial charge >= 0.3 is 12.1 Å². The zero-order chi connectivity index (χ0) is 28.6. The Labute approximate surface area is 223 Å². The van der Waals surface area contributed by atoms with Crippen LogP contribution in [0.1, 0.15) is 17.5 Å². The van der Waals surface area contributed by atoms with Crippen molar-refractivity contribution >= 4 is 33.9 Å². The van der Waals surface area contributed by atoms with Crippen molar-refractivity contribution in [1.29, 1.82) is 0 Å². The number of carboxylic acids is 1. The van der Waals surface area contributed by atoms with Crippen LogP contribution in [0.25, 0.3) is 0 Å². The summed E-state index contributed by atoms with van der Waals surface area (Å²) in [5.41, 5.74) is 1.46. The van der Waals surface area contributed by atoms with Crippen LogP contribution in [0.4, 0.5) is 4.79 Å². The van der Waals surface area contributed by atoms with Crippen LogP contribution in [0, 0.1) is 6.92 Å². The van der Waals surface area contributed by atoms with Gasteiger partial charge in [-0.15, -0.1) is 0 Å². The third kappa shape index (κ3) is 14.0. The molecule has 14 heteroatoms. The third-order valence-electron chi connectivity index (χ3n) is 4.40. The number of thioether (sulfide) groups is 1. The van der Waals surface area contributed by atoms with Gasteiger partial charge in [-0.25, -0.2) is 14.6 Å². The molecule has 0 radical (unpaired) electrons. The molecule has 12 nitrogen and oxygen atoms in total. The minimum absolute atomic E-state index is 0.0666. The molecule has 206 valence electrons. The number of nitrogens with zero attached hydrogens (tertiary/aromatic N) is 1. The average molecular weight is 568 g/mol. The maximum Gasteiger partial charge on any atom is 0.408 e. The molecule has 5 N–H and O–H groups in total. The highest BCUT2D eigenvalue weighted by Crippen LogP contribution is 2.08. The smallest absolute Gasteiger partial charge is 0.408 e. The summed E-state index contributed by atoms with van der Waals surface area (Å²) in [6, 6.07) is 15.3. The van der Waals surface area contributed by atoms with Gasteiger partial charge in [0, 0.05) is 0 Å². The number of aromatic amines is 1. The van der Waals surface area contributed by atoms with E-state index in [4.69, 9.17) is 19.5 Å². The Bertz CT molecular complexity index is 1300. The molecule has 3 rings (SSSR count). The molecule has 0 aliphatic heterocycles. The monoisotopic (exact) mass is 567 g/mol. The number of aromatic nitrogens is 2. The molecule has 1 unspecified atom stereocenters. The van der Waals surface area contributed by atoms with Crippen LogP contribution in [0.2, 0.25) is 0 Å². The summed E-state index contributed by atoms with van der Waals surface area (Å²) >= 11 is 1.53. The lowest BCUT2D eigenvalue weighted by atomic mass is 10.2. The first-order valence-corrected chi connectivity index (χ1v) is 13.7. The fourth-order valence-electron chi connectivity index (χ4n) is 2.47. The van der Waals surface area contributed by atoms with E-state index in [-0.39, 0.29) is 22.9 Å². The topological polar surface area (TPSA) is 196 Å². The standard InChI is InChI=1S/C13H17NO4S.C7H8O3S.C4H4N2O2/c1-19-8-7-11(12(15)16)14-13(17)18-9-10-5-3-2-4-6-10;1-6-2-4-7(5-3-6)11(8,9)10;7-3-1-4(8)6-2-5-3/h2-6,11H,7-9H2,1H3,(H,14,17)(H,15,16);2-5H,1H3,(H,8,9,10);1-2H,(H2,5,6,7,8). The first kappa shape index (κ1) is 32.1.